The first kappa shape index (κ1) is 17.9. The van der Waals surface area contributed by atoms with Crippen molar-refractivity contribution < 1.29 is 4.79 Å². The minimum Gasteiger partial charge on any atom is -0.344 e. The van der Waals surface area contributed by atoms with Gasteiger partial charge in [0.1, 0.15) is 0 Å². The molecule has 0 heterocycles. The lowest BCUT2D eigenvalue weighted by atomic mass is 9.86. The van der Waals surface area contributed by atoms with Crippen molar-refractivity contribution in [2.45, 2.75) is 33.2 Å². The van der Waals surface area contributed by atoms with Gasteiger partial charge in [-0.15, -0.1) is 12.4 Å². The number of hydrogen-bond acceptors (Lipinski definition) is 2. The maximum atomic E-state index is 12.1. The summed E-state index contributed by atoms with van der Waals surface area (Å²) in [6.45, 7) is 6.66. The van der Waals surface area contributed by atoms with E-state index in [2.05, 4.69) is 12.1 Å². The molecule has 0 saturated heterocycles. The molecule has 0 aliphatic heterocycles. The Morgan fingerprint density at radius 2 is 1.79 bits per heavy atom. The molecule has 0 bridgehead atoms. The molecule has 0 radical (unpaired) electrons. The highest BCUT2D eigenvalue weighted by Crippen LogP contribution is 2.18. The van der Waals surface area contributed by atoms with Gasteiger partial charge in [-0.1, -0.05) is 51.1 Å². The van der Waals surface area contributed by atoms with Gasteiger partial charge in [-0.2, -0.15) is 0 Å². The zero-order valence-electron chi connectivity index (χ0n) is 12.2. The fraction of sp³-hybridized carbons (Fsp3) is 0.533. The Balaban J connectivity index is 0.00000324. The van der Waals surface area contributed by atoms with Crippen molar-refractivity contribution >= 4 is 18.3 Å². The standard InChI is InChI=1S/C15H24N2O.ClH/c1-15(2,3)13(16)14(18)17(4)11-10-12-8-6-5-7-9-12;/h5-9,13H,10-11,16H2,1-4H3;1H. The summed E-state index contributed by atoms with van der Waals surface area (Å²) in [6.07, 6.45) is 0.861. The molecule has 1 atom stereocenters. The van der Waals surface area contributed by atoms with Crippen molar-refractivity contribution in [3.05, 3.63) is 35.9 Å². The molecule has 0 saturated carbocycles. The molecule has 4 heteroatoms. The molecule has 0 spiro atoms. The van der Waals surface area contributed by atoms with Gasteiger partial charge in [0.2, 0.25) is 5.91 Å². The van der Waals surface area contributed by atoms with Gasteiger partial charge >= 0.3 is 0 Å². The highest BCUT2D eigenvalue weighted by Gasteiger charge is 2.29. The van der Waals surface area contributed by atoms with Crippen molar-refractivity contribution in [2.24, 2.45) is 11.1 Å². The fourth-order valence-electron chi connectivity index (χ4n) is 1.66. The summed E-state index contributed by atoms with van der Waals surface area (Å²) in [6, 6.07) is 9.71. The van der Waals surface area contributed by atoms with E-state index >= 15 is 0 Å². The molecule has 0 fully saturated rings. The Bertz CT molecular complexity index is 387. The number of carbonyl (C=O) groups excluding carboxylic acids is 1. The van der Waals surface area contributed by atoms with Crippen LogP contribution in [0.4, 0.5) is 0 Å². The zero-order valence-corrected chi connectivity index (χ0v) is 13.0. The molecule has 0 aliphatic carbocycles. The quantitative estimate of drug-likeness (QED) is 0.923. The first-order valence-electron chi connectivity index (χ1n) is 6.37. The molecule has 0 aliphatic rings. The molecular formula is C15H25ClN2O. The predicted octanol–water partition coefficient (Wildman–Crippen LogP) is 2.48. The Morgan fingerprint density at radius 1 is 1.26 bits per heavy atom. The highest BCUT2D eigenvalue weighted by atomic mass is 35.5. The number of hydrogen-bond donors (Lipinski definition) is 1. The molecule has 1 aromatic carbocycles. The van der Waals surface area contributed by atoms with Gasteiger partial charge in [0.15, 0.2) is 0 Å². The van der Waals surface area contributed by atoms with Crippen LogP contribution in [0.3, 0.4) is 0 Å². The predicted molar refractivity (Wildman–Crippen MR) is 82.5 cm³/mol. The minimum absolute atomic E-state index is 0. The van der Waals surface area contributed by atoms with E-state index < -0.39 is 6.04 Å². The van der Waals surface area contributed by atoms with Crippen LogP contribution >= 0.6 is 12.4 Å². The smallest absolute Gasteiger partial charge is 0.239 e. The third kappa shape index (κ3) is 5.62. The lowest BCUT2D eigenvalue weighted by Crippen LogP contribution is -2.49. The number of nitrogens with two attached hydrogens (primary N) is 1. The van der Waals surface area contributed by atoms with E-state index in [0.717, 1.165) is 6.42 Å². The largest absolute Gasteiger partial charge is 0.344 e. The average Bonchev–Trinajstić information content (AvgIpc) is 2.34. The summed E-state index contributed by atoms with van der Waals surface area (Å²) in [5, 5.41) is 0. The first-order valence-corrected chi connectivity index (χ1v) is 6.37. The van der Waals surface area contributed by atoms with Gasteiger partial charge in [-0.05, 0) is 17.4 Å². The monoisotopic (exact) mass is 284 g/mol. The molecule has 19 heavy (non-hydrogen) atoms. The normalized spacial score (nSPS) is 12.5. The Morgan fingerprint density at radius 3 is 2.26 bits per heavy atom. The summed E-state index contributed by atoms with van der Waals surface area (Å²) in [5.41, 5.74) is 7.01. The maximum absolute atomic E-state index is 12.1. The lowest BCUT2D eigenvalue weighted by molar-refractivity contribution is -0.133. The highest BCUT2D eigenvalue weighted by molar-refractivity contribution is 5.85. The molecule has 1 aromatic rings. The van der Waals surface area contributed by atoms with Crippen molar-refractivity contribution in [1.82, 2.24) is 4.90 Å². The fourth-order valence-corrected chi connectivity index (χ4v) is 1.66. The third-order valence-corrected chi connectivity index (χ3v) is 3.15. The molecule has 108 valence electrons. The van der Waals surface area contributed by atoms with Crippen LogP contribution in [0.15, 0.2) is 30.3 Å². The SMILES string of the molecule is CN(CCc1ccccc1)C(=O)C(N)C(C)(C)C.Cl. The minimum atomic E-state index is -0.446. The number of benzene rings is 1. The summed E-state index contributed by atoms with van der Waals surface area (Å²) in [4.78, 5) is 13.8. The first-order chi connectivity index (χ1) is 8.32. The molecule has 3 nitrogen and oxygen atoms in total. The average molecular weight is 285 g/mol. The summed E-state index contributed by atoms with van der Waals surface area (Å²) < 4.78 is 0. The van der Waals surface area contributed by atoms with Crippen LogP contribution in [0.25, 0.3) is 0 Å². The zero-order chi connectivity index (χ0) is 13.8. The molecular weight excluding hydrogens is 260 g/mol. The van der Waals surface area contributed by atoms with Gasteiger partial charge in [0, 0.05) is 13.6 Å². The molecule has 1 rings (SSSR count). The van der Waals surface area contributed by atoms with Gasteiger partial charge in [-0.25, -0.2) is 0 Å². The number of nitrogens with zero attached hydrogens (tertiary/aromatic N) is 1. The van der Waals surface area contributed by atoms with Crippen molar-refractivity contribution in [2.75, 3.05) is 13.6 Å². The summed E-state index contributed by atoms with van der Waals surface area (Å²) >= 11 is 0. The van der Waals surface area contributed by atoms with Crippen LogP contribution in [-0.4, -0.2) is 30.4 Å². The van der Waals surface area contributed by atoms with Crippen LogP contribution in [0.1, 0.15) is 26.3 Å². The molecule has 1 amide bonds. The Labute approximate surface area is 122 Å². The summed E-state index contributed by atoms with van der Waals surface area (Å²) in [5.74, 6) is 0.0124. The topological polar surface area (TPSA) is 46.3 Å². The molecule has 0 aromatic heterocycles. The van der Waals surface area contributed by atoms with Gasteiger partial charge < -0.3 is 10.6 Å². The van der Waals surface area contributed by atoms with E-state index in [4.69, 9.17) is 5.73 Å². The van der Waals surface area contributed by atoms with Gasteiger partial charge in [0.25, 0.3) is 0 Å². The third-order valence-electron chi connectivity index (χ3n) is 3.15. The second-order valence-electron chi connectivity index (χ2n) is 5.84. The Hall–Kier alpha value is -1.06. The van der Waals surface area contributed by atoms with Crippen LogP contribution in [0.5, 0.6) is 0 Å². The van der Waals surface area contributed by atoms with Crippen LogP contribution in [-0.2, 0) is 11.2 Å². The van der Waals surface area contributed by atoms with E-state index in [1.54, 1.807) is 4.90 Å². The van der Waals surface area contributed by atoms with Crippen LogP contribution < -0.4 is 5.73 Å². The number of rotatable bonds is 4. The second-order valence-corrected chi connectivity index (χ2v) is 5.84. The number of halogens is 1. The number of carbonyl (C=O) groups is 1. The lowest BCUT2D eigenvalue weighted by Gasteiger charge is -2.30. The number of amides is 1. The van der Waals surface area contributed by atoms with Crippen LogP contribution in [0.2, 0.25) is 0 Å². The van der Waals surface area contributed by atoms with Crippen LogP contribution in [0, 0.1) is 5.41 Å². The van der Waals surface area contributed by atoms with Crippen molar-refractivity contribution in [3.63, 3.8) is 0 Å². The molecule has 1 unspecified atom stereocenters. The number of likely N-dealkylation sites (N-methyl/N-ethyl adjacent to an activating group) is 1. The maximum Gasteiger partial charge on any atom is 0.239 e. The van der Waals surface area contributed by atoms with E-state index in [1.807, 2.05) is 46.0 Å². The molecule has 2 N–H and O–H groups in total. The second kappa shape index (κ2) is 7.51. The van der Waals surface area contributed by atoms with E-state index in [0.29, 0.717) is 6.54 Å². The van der Waals surface area contributed by atoms with E-state index in [9.17, 15) is 4.79 Å². The van der Waals surface area contributed by atoms with Crippen molar-refractivity contribution in [3.8, 4) is 0 Å². The van der Waals surface area contributed by atoms with Crippen molar-refractivity contribution in [1.29, 1.82) is 0 Å². The Kier molecular flexibility index (Phi) is 7.09. The van der Waals surface area contributed by atoms with E-state index in [-0.39, 0.29) is 23.7 Å². The summed E-state index contributed by atoms with van der Waals surface area (Å²) in [7, 11) is 1.82. The van der Waals surface area contributed by atoms with E-state index in [1.165, 1.54) is 5.56 Å². The van der Waals surface area contributed by atoms with Gasteiger partial charge in [0.05, 0.1) is 6.04 Å². The van der Waals surface area contributed by atoms with Gasteiger partial charge in [-0.3, -0.25) is 4.79 Å².